The number of halogens is 2. The van der Waals surface area contributed by atoms with Crippen LogP contribution in [0.4, 0.5) is 5.69 Å². The van der Waals surface area contributed by atoms with Gasteiger partial charge in [-0.05, 0) is 31.2 Å². The van der Waals surface area contributed by atoms with E-state index < -0.39 is 0 Å². The van der Waals surface area contributed by atoms with Crippen LogP contribution in [-0.4, -0.2) is 41.9 Å². The number of hydrogen-bond donors (Lipinski definition) is 1. The van der Waals surface area contributed by atoms with Gasteiger partial charge in [-0.15, -0.1) is 0 Å². The predicted octanol–water partition coefficient (Wildman–Crippen LogP) is 2.99. The van der Waals surface area contributed by atoms with Gasteiger partial charge >= 0.3 is 0 Å². The summed E-state index contributed by atoms with van der Waals surface area (Å²) < 4.78 is 0. The number of carbonyl (C=O) groups is 1. The Morgan fingerprint density at radius 1 is 1.12 bits per heavy atom. The second kappa shape index (κ2) is 7.47. The second-order valence-electron chi connectivity index (χ2n) is 5.77. The molecule has 1 aromatic carbocycles. The fourth-order valence-corrected chi connectivity index (χ4v) is 3.22. The van der Waals surface area contributed by atoms with Gasteiger partial charge in [-0.3, -0.25) is 4.79 Å². The number of benzene rings is 1. The molecule has 24 heavy (non-hydrogen) atoms. The lowest BCUT2D eigenvalue weighted by Gasteiger charge is -2.29. The van der Waals surface area contributed by atoms with E-state index in [-0.39, 0.29) is 22.5 Å². The Morgan fingerprint density at radius 3 is 2.25 bits per heavy atom. The van der Waals surface area contributed by atoms with Crippen LogP contribution in [0, 0.1) is 0 Å². The number of anilines is 1. The quantitative estimate of drug-likeness (QED) is 0.845. The van der Waals surface area contributed by atoms with Crippen molar-refractivity contribution in [3.05, 3.63) is 40.1 Å². The molecule has 0 spiro atoms. The van der Waals surface area contributed by atoms with Gasteiger partial charge in [0.15, 0.2) is 5.82 Å². The van der Waals surface area contributed by atoms with Crippen molar-refractivity contribution in [2.75, 3.05) is 31.1 Å². The Labute approximate surface area is 151 Å². The maximum atomic E-state index is 11.3. The number of nitrogens with one attached hydrogen (secondary N) is 1. The number of rotatable bonds is 4. The van der Waals surface area contributed by atoms with Gasteiger partial charge in [-0.1, -0.05) is 23.2 Å². The molecule has 7 heteroatoms. The number of carbonyl (C=O) groups excluding carboxylic acids is 1. The lowest BCUT2D eigenvalue weighted by Crippen LogP contribution is -2.43. The lowest BCUT2D eigenvalue weighted by molar-refractivity contribution is -0.116. The average Bonchev–Trinajstić information content (AvgIpc) is 2.59. The van der Waals surface area contributed by atoms with Crippen LogP contribution in [0.15, 0.2) is 24.3 Å². The van der Waals surface area contributed by atoms with Crippen molar-refractivity contribution >= 4 is 34.7 Å². The number of nitrogens with zero attached hydrogens (tertiary/aromatic N) is 3. The van der Waals surface area contributed by atoms with Crippen LogP contribution < -0.4 is 10.2 Å². The summed E-state index contributed by atoms with van der Waals surface area (Å²) >= 11 is 12.4. The summed E-state index contributed by atoms with van der Waals surface area (Å²) in [5.74, 6) is 0.430. The monoisotopic (exact) mass is 364 g/mol. The summed E-state index contributed by atoms with van der Waals surface area (Å²) in [4.78, 5) is 22.2. The van der Waals surface area contributed by atoms with Gasteiger partial charge in [-0.2, -0.15) is 0 Å². The van der Waals surface area contributed by atoms with E-state index in [1.165, 1.54) is 12.6 Å². The smallest absolute Gasteiger partial charge is 0.162 e. The Hall–Kier alpha value is -1.69. The van der Waals surface area contributed by atoms with Crippen LogP contribution in [0.5, 0.6) is 0 Å². The Kier molecular flexibility index (Phi) is 5.33. The first-order chi connectivity index (χ1) is 11.5. The van der Waals surface area contributed by atoms with E-state index in [1.807, 2.05) is 12.1 Å². The van der Waals surface area contributed by atoms with Gasteiger partial charge in [0, 0.05) is 49.4 Å². The maximum Gasteiger partial charge on any atom is 0.162 e. The highest BCUT2D eigenvalue weighted by Crippen LogP contribution is 2.27. The van der Waals surface area contributed by atoms with Crippen molar-refractivity contribution < 1.29 is 4.79 Å². The minimum absolute atomic E-state index is 0.0319. The predicted molar refractivity (Wildman–Crippen MR) is 97.0 cm³/mol. The van der Waals surface area contributed by atoms with Crippen molar-refractivity contribution in [1.29, 1.82) is 0 Å². The molecule has 0 amide bonds. The zero-order chi connectivity index (χ0) is 17.1. The van der Waals surface area contributed by atoms with Crippen LogP contribution in [0.2, 0.25) is 10.3 Å². The molecule has 1 aliphatic heterocycles. The Bertz CT molecular complexity index is 720. The molecule has 0 radical (unpaired) electrons. The highest BCUT2D eigenvalue weighted by Gasteiger charge is 2.15. The van der Waals surface area contributed by atoms with E-state index in [0.29, 0.717) is 11.4 Å². The largest absolute Gasteiger partial charge is 0.369 e. The molecule has 3 rings (SSSR count). The van der Waals surface area contributed by atoms with E-state index in [1.54, 1.807) is 0 Å². The van der Waals surface area contributed by atoms with Crippen molar-refractivity contribution in [1.82, 2.24) is 15.3 Å². The minimum Gasteiger partial charge on any atom is -0.369 e. The van der Waals surface area contributed by atoms with Gasteiger partial charge in [-0.25, -0.2) is 9.97 Å². The third-order valence-corrected chi connectivity index (χ3v) is 4.56. The van der Waals surface area contributed by atoms with Crippen LogP contribution in [0.3, 0.4) is 0 Å². The molecule has 2 heterocycles. The molecule has 1 aliphatic rings. The van der Waals surface area contributed by atoms with E-state index in [0.717, 1.165) is 31.7 Å². The summed E-state index contributed by atoms with van der Waals surface area (Å²) in [6, 6.07) is 8.03. The van der Waals surface area contributed by atoms with Crippen molar-refractivity contribution in [3.63, 3.8) is 0 Å². The van der Waals surface area contributed by atoms with E-state index in [4.69, 9.17) is 23.2 Å². The van der Waals surface area contributed by atoms with E-state index in [9.17, 15) is 4.79 Å². The molecule has 126 valence electrons. The molecular formula is C17H18Cl2N4O. The molecule has 0 bridgehead atoms. The normalized spacial score (nSPS) is 14.7. The summed E-state index contributed by atoms with van der Waals surface area (Å²) in [6.07, 6.45) is 0.139. The van der Waals surface area contributed by atoms with Gasteiger partial charge in [0.25, 0.3) is 0 Å². The molecule has 1 aromatic heterocycles. The maximum absolute atomic E-state index is 11.3. The van der Waals surface area contributed by atoms with Crippen LogP contribution in [0.1, 0.15) is 12.5 Å². The van der Waals surface area contributed by atoms with E-state index >= 15 is 0 Å². The van der Waals surface area contributed by atoms with Crippen molar-refractivity contribution in [2.24, 2.45) is 0 Å². The third-order valence-electron chi connectivity index (χ3n) is 3.94. The number of hydrogen-bond acceptors (Lipinski definition) is 5. The standard InChI is InChI=1S/C17H18Cl2N4O/c1-11(24)10-14-15(18)21-17(22-16(14)19)12-2-4-13(5-3-12)23-8-6-20-7-9-23/h2-5,20H,6-10H2,1H3. The zero-order valence-corrected chi connectivity index (χ0v) is 14.9. The summed E-state index contributed by atoms with van der Waals surface area (Å²) in [5, 5.41) is 3.79. The molecule has 1 N–H and O–H groups in total. The molecule has 1 fully saturated rings. The lowest BCUT2D eigenvalue weighted by atomic mass is 10.1. The molecule has 5 nitrogen and oxygen atoms in total. The highest BCUT2D eigenvalue weighted by molar-refractivity contribution is 6.35. The second-order valence-corrected chi connectivity index (χ2v) is 6.49. The average molecular weight is 365 g/mol. The molecule has 0 atom stereocenters. The third kappa shape index (κ3) is 3.86. The molecule has 0 saturated carbocycles. The molecular weight excluding hydrogens is 347 g/mol. The Balaban J connectivity index is 1.85. The first-order valence-electron chi connectivity index (χ1n) is 7.82. The topological polar surface area (TPSA) is 58.1 Å². The summed E-state index contributed by atoms with van der Waals surface area (Å²) in [6.45, 7) is 5.46. The van der Waals surface area contributed by atoms with Gasteiger partial charge in [0.1, 0.15) is 16.1 Å². The molecule has 0 aliphatic carbocycles. The molecule has 0 unspecified atom stereocenters. The zero-order valence-electron chi connectivity index (χ0n) is 13.4. The van der Waals surface area contributed by atoms with Crippen molar-refractivity contribution in [3.8, 4) is 11.4 Å². The molecule has 1 saturated heterocycles. The number of aromatic nitrogens is 2. The van der Waals surface area contributed by atoms with Gasteiger partial charge in [0.2, 0.25) is 0 Å². The van der Waals surface area contributed by atoms with Gasteiger partial charge in [0.05, 0.1) is 0 Å². The fraction of sp³-hybridized carbons (Fsp3) is 0.353. The summed E-state index contributed by atoms with van der Waals surface area (Å²) in [5.41, 5.74) is 2.49. The number of ketones is 1. The SMILES string of the molecule is CC(=O)Cc1c(Cl)nc(-c2ccc(N3CCNCC3)cc2)nc1Cl. The van der Waals surface area contributed by atoms with Gasteiger partial charge < -0.3 is 10.2 Å². The minimum atomic E-state index is -0.0319. The first kappa shape index (κ1) is 17.1. The number of piperazine rings is 1. The molecule has 2 aromatic rings. The van der Waals surface area contributed by atoms with Crippen LogP contribution in [0.25, 0.3) is 11.4 Å². The summed E-state index contributed by atoms with van der Waals surface area (Å²) in [7, 11) is 0. The Morgan fingerprint density at radius 2 is 1.71 bits per heavy atom. The van der Waals surface area contributed by atoms with Crippen LogP contribution >= 0.6 is 23.2 Å². The highest BCUT2D eigenvalue weighted by atomic mass is 35.5. The first-order valence-corrected chi connectivity index (χ1v) is 8.57. The van der Waals surface area contributed by atoms with E-state index in [2.05, 4.69) is 32.3 Å². The van der Waals surface area contributed by atoms with Crippen LogP contribution in [-0.2, 0) is 11.2 Å². The number of Topliss-reactive ketones (excluding diaryl/α,β-unsaturated/α-hetero) is 1. The fourth-order valence-electron chi connectivity index (χ4n) is 2.70. The van der Waals surface area contributed by atoms with Crippen molar-refractivity contribution in [2.45, 2.75) is 13.3 Å².